The summed E-state index contributed by atoms with van der Waals surface area (Å²) in [4.78, 5) is 26.2. The number of carbonyl (C=O) groups is 1. The van der Waals surface area contributed by atoms with Crippen molar-refractivity contribution in [1.82, 2.24) is 25.5 Å². The summed E-state index contributed by atoms with van der Waals surface area (Å²) >= 11 is 0. The Morgan fingerprint density at radius 1 is 0.750 bits per heavy atom. The second-order valence-corrected chi connectivity index (χ2v) is 13.5. The molecular formula is C42H46N6O4. The number of aliphatic hydroxyl groups excluding tert-OH is 1. The minimum absolute atomic E-state index is 0.00269. The number of urea groups is 1. The lowest BCUT2D eigenvalue weighted by atomic mass is 9.89. The van der Waals surface area contributed by atoms with E-state index in [0.29, 0.717) is 13.1 Å². The first-order valence-electron chi connectivity index (χ1n) is 18.0. The van der Waals surface area contributed by atoms with E-state index in [-0.39, 0.29) is 30.8 Å². The first kappa shape index (κ1) is 35.3. The summed E-state index contributed by atoms with van der Waals surface area (Å²) < 4.78 is 13.5. The van der Waals surface area contributed by atoms with E-state index in [2.05, 4.69) is 79.8 Å². The van der Waals surface area contributed by atoms with Crippen LogP contribution in [0.25, 0.3) is 11.1 Å². The summed E-state index contributed by atoms with van der Waals surface area (Å²) in [6, 6.07) is 36.0. The SMILES string of the molecule is C[C@@H]1[C@H](CN2CCN(c3ncccn3)CC2)O[C@H](c2ccc(-c3ccccc3CNC(=O)NCc3ccccc3)cc2)O[C@@H]1c1ccc(CO)cc1. The van der Waals surface area contributed by atoms with Crippen LogP contribution in [-0.4, -0.2) is 64.8 Å². The molecule has 10 heteroatoms. The molecule has 7 rings (SSSR count). The van der Waals surface area contributed by atoms with E-state index in [4.69, 9.17) is 9.47 Å². The molecule has 0 bridgehead atoms. The van der Waals surface area contributed by atoms with Crippen LogP contribution in [0, 0.1) is 5.92 Å². The second kappa shape index (κ2) is 16.9. The van der Waals surface area contributed by atoms with Gasteiger partial charge in [0.2, 0.25) is 5.95 Å². The van der Waals surface area contributed by atoms with Gasteiger partial charge in [0.1, 0.15) is 0 Å². The summed E-state index contributed by atoms with van der Waals surface area (Å²) in [5.41, 5.74) is 7.05. The maximum Gasteiger partial charge on any atom is 0.315 e. The van der Waals surface area contributed by atoms with Crippen LogP contribution in [-0.2, 0) is 29.2 Å². The fourth-order valence-electron chi connectivity index (χ4n) is 6.96. The Balaban J connectivity index is 1.04. The van der Waals surface area contributed by atoms with Crippen LogP contribution in [0.2, 0.25) is 0 Å². The Kier molecular flexibility index (Phi) is 11.5. The number of aromatic nitrogens is 2. The fraction of sp³-hybridized carbons (Fsp3) is 0.310. The van der Waals surface area contributed by atoms with E-state index in [1.165, 1.54) is 0 Å². The molecule has 5 aromatic rings. The van der Waals surface area contributed by atoms with E-state index in [0.717, 1.165) is 77.6 Å². The lowest BCUT2D eigenvalue weighted by Crippen LogP contribution is -2.51. The molecule has 2 amide bonds. The summed E-state index contributed by atoms with van der Waals surface area (Å²) in [7, 11) is 0. The Morgan fingerprint density at radius 2 is 1.42 bits per heavy atom. The normalized spacial score (nSPS) is 20.7. The van der Waals surface area contributed by atoms with E-state index in [1.807, 2.05) is 66.7 Å². The van der Waals surface area contributed by atoms with Crippen LogP contribution in [0.5, 0.6) is 0 Å². The first-order valence-corrected chi connectivity index (χ1v) is 18.0. The first-order chi connectivity index (χ1) is 25.5. The van der Waals surface area contributed by atoms with Crippen molar-refractivity contribution in [2.24, 2.45) is 5.92 Å². The zero-order valence-corrected chi connectivity index (χ0v) is 29.5. The Morgan fingerprint density at radius 3 is 2.15 bits per heavy atom. The zero-order chi connectivity index (χ0) is 35.7. The molecule has 10 nitrogen and oxygen atoms in total. The molecule has 2 saturated heterocycles. The van der Waals surface area contributed by atoms with Gasteiger partial charge < -0.3 is 30.1 Å². The number of carbonyl (C=O) groups excluding carboxylic acids is 1. The molecule has 2 aliphatic rings. The van der Waals surface area contributed by atoms with Gasteiger partial charge in [-0.2, -0.15) is 0 Å². The summed E-state index contributed by atoms with van der Waals surface area (Å²) in [5, 5.41) is 15.6. The van der Waals surface area contributed by atoms with E-state index < -0.39 is 6.29 Å². The molecule has 3 heterocycles. The van der Waals surface area contributed by atoms with E-state index in [1.54, 1.807) is 12.4 Å². The molecule has 0 aliphatic carbocycles. The predicted molar refractivity (Wildman–Crippen MR) is 201 cm³/mol. The van der Waals surface area contributed by atoms with Crippen molar-refractivity contribution in [1.29, 1.82) is 0 Å². The molecule has 2 fully saturated rings. The molecule has 3 N–H and O–H groups in total. The molecule has 268 valence electrons. The highest BCUT2D eigenvalue weighted by Crippen LogP contribution is 2.42. The van der Waals surface area contributed by atoms with Crippen LogP contribution < -0.4 is 15.5 Å². The molecule has 1 aromatic heterocycles. The maximum absolute atomic E-state index is 12.6. The number of rotatable bonds is 11. The largest absolute Gasteiger partial charge is 0.392 e. The van der Waals surface area contributed by atoms with Crippen molar-refractivity contribution in [3.8, 4) is 11.1 Å². The fourth-order valence-corrected chi connectivity index (χ4v) is 6.96. The minimum Gasteiger partial charge on any atom is -0.392 e. The number of ether oxygens (including phenoxy) is 2. The van der Waals surface area contributed by atoms with Crippen molar-refractivity contribution in [2.45, 2.75) is 45.1 Å². The molecule has 0 saturated carbocycles. The quantitative estimate of drug-likeness (QED) is 0.149. The van der Waals surface area contributed by atoms with E-state index >= 15 is 0 Å². The number of nitrogens with one attached hydrogen (secondary N) is 2. The van der Waals surface area contributed by atoms with Crippen LogP contribution in [0.1, 0.15) is 47.1 Å². The smallest absolute Gasteiger partial charge is 0.315 e. The molecule has 0 spiro atoms. The van der Waals surface area contributed by atoms with Gasteiger partial charge in [0.15, 0.2) is 6.29 Å². The summed E-state index contributed by atoms with van der Waals surface area (Å²) in [6.45, 7) is 7.35. The maximum atomic E-state index is 12.6. The van der Waals surface area contributed by atoms with E-state index in [9.17, 15) is 9.90 Å². The highest BCUT2D eigenvalue weighted by molar-refractivity contribution is 5.75. The number of benzene rings is 4. The summed E-state index contributed by atoms with van der Waals surface area (Å²) in [6.07, 6.45) is 2.77. The number of anilines is 1. The van der Waals surface area contributed by atoms with Crippen LogP contribution >= 0.6 is 0 Å². The third-order valence-corrected chi connectivity index (χ3v) is 10.0. The average Bonchev–Trinajstić information content (AvgIpc) is 3.21. The molecule has 2 aliphatic heterocycles. The number of piperazine rings is 1. The van der Waals surface area contributed by atoms with Crippen molar-refractivity contribution in [2.75, 3.05) is 37.6 Å². The van der Waals surface area contributed by atoms with Crippen LogP contribution in [0.4, 0.5) is 10.7 Å². The molecule has 4 atom stereocenters. The number of hydrogen-bond acceptors (Lipinski definition) is 8. The lowest BCUT2D eigenvalue weighted by Gasteiger charge is -2.44. The van der Waals surface area contributed by atoms with Gasteiger partial charge in [-0.05, 0) is 39.4 Å². The number of nitrogens with zero attached hydrogens (tertiary/aromatic N) is 4. The van der Waals surface area contributed by atoms with Crippen molar-refractivity contribution < 1.29 is 19.4 Å². The third-order valence-electron chi connectivity index (χ3n) is 10.0. The zero-order valence-electron chi connectivity index (χ0n) is 29.5. The monoisotopic (exact) mass is 698 g/mol. The lowest BCUT2D eigenvalue weighted by molar-refractivity contribution is -0.276. The van der Waals surface area contributed by atoms with Crippen molar-refractivity contribution in [3.05, 3.63) is 149 Å². The van der Waals surface area contributed by atoms with Gasteiger partial charge in [-0.1, -0.05) is 110 Å². The van der Waals surface area contributed by atoms with Gasteiger partial charge in [-0.15, -0.1) is 0 Å². The molecule has 0 unspecified atom stereocenters. The van der Waals surface area contributed by atoms with Crippen LogP contribution in [0.3, 0.4) is 0 Å². The number of aliphatic hydroxyl groups is 1. The Labute approximate surface area is 305 Å². The predicted octanol–water partition coefficient (Wildman–Crippen LogP) is 6.25. The molecular weight excluding hydrogens is 653 g/mol. The Hall–Kier alpha value is -5.13. The topological polar surface area (TPSA) is 112 Å². The number of amides is 2. The highest BCUT2D eigenvalue weighted by atomic mass is 16.7. The standard InChI is InChI=1S/C42H46N6O4/c1-30-38(28-47-22-24-48(25-23-47)41-43-20-7-21-44-41)51-40(52-39(30)34-14-12-32(29-49)13-15-34)35-18-16-33(17-19-35)37-11-6-5-10-36(37)27-46-42(50)45-26-31-8-3-2-4-9-31/h2-21,30,38-40,49H,22-29H2,1H3,(H2,45,46,50)/t30-,38+,39+,40+/m1/s1. The van der Waals surface area contributed by atoms with Gasteiger partial charge in [-0.3, -0.25) is 4.90 Å². The minimum atomic E-state index is -0.554. The molecule has 4 aromatic carbocycles. The number of hydrogen-bond donors (Lipinski definition) is 3. The Bertz CT molecular complexity index is 1870. The summed E-state index contributed by atoms with van der Waals surface area (Å²) in [5.74, 6) is 0.867. The van der Waals surface area contributed by atoms with Crippen molar-refractivity contribution >= 4 is 12.0 Å². The van der Waals surface area contributed by atoms with Gasteiger partial charge >= 0.3 is 6.03 Å². The van der Waals surface area contributed by atoms with Gasteiger partial charge in [0.05, 0.1) is 18.8 Å². The van der Waals surface area contributed by atoms with Gasteiger partial charge in [0, 0.05) is 69.7 Å². The van der Waals surface area contributed by atoms with Crippen LogP contribution in [0.15, 0.2) is 122 Å². The molecule has 0 radical (unpaired) electrons. The van der Waals surface area contributed by atoms with Gasteiger partial charge in [0.25, 0.3) is 0 Å². The highest BCUT2D eigenvalue weighted by Gasteiger charge is 2.39. The average molecular weight is 699 g/mol. The van der Waals surface area contributed by atoms with Gasteiger partial charge in [-0.25, -0.2) is 14.8 Å². The second-order valence-electron chi connectivity index (χ2n) is 13.5. The van der Waals surface area contributed by atoms with Crippen molar-refractivity contribution in [3.63, 3.8) is 0 Å². The molecule has 52 heavy (non-hydrogen) atoms. The third kappa shape index (κ3) is 8.66.